The zero-order valence-electron chi connectivity index (χ0n) is 11.0. The minimum absolute atomic E-state index is 0.261. The van der Waals surface area contributed by atoms with Crippen molar-refractivity contribution in [2.75, 3.05) is 5.73 Å². The third-order valence-electron chi connectivity index (χ3n) is 3.07. The first-order valence-electron chi connectivity index (χ1n) is 6.28. The third kappa shape index (κ3) is 2.78. The topological polar surface area (TPSA) is 76.2 Å². The molecule has 0 saturated carbocycles. The zero-order chi connectivity index (χ0) is 14.8. The number of thiazole rings is 1. The molecule has 0 radical (unpaired) electrons. The van der Waals surface area contributed by atoms with E-state index >= 15 is 0 Å². The lowest BCUT2D eigenvalue weighted by Gasteiger charge is -1.99. The van der Waals surface area contributed by atoms with E-state index in [0.717, 1.165) is 21.8 Å². The number of carboxylic acids is 1. The summed E-state index contributed by atoms with van der Waals surface area (Å²) in [6.07, 6.45) is 0. The standard InChI is InChI=1S/C16H12N2O2S/c17-13-6-4-10(5-7-13)14-9-21-15(18-14)11-2-1-3-12(8-11)16(19)20/h1-9H,17H2,(H,19,20). The molecule has 0 aliphatic heterocycles. The van der Waals surface area contributed by atoms with Crippen LogP contribution in [0.25, 0.3) is 21.8 Å². The van der Waals surface area contributed by atoms with Crippen LogP contribution >= 0.6 is 11.3 Å². The number of rotatable bonds is 3. The highest BCUT2D eigenvalue weighted by Gasteiger charge is 2.09. The minimum Gasteiger partial charge on any atom is -0.478 e. The second kappa shape index (κ2) is 5.38. The highest BCUT2D eigenvalue weighted by atomic mass is 32.1. The van der Waals surface area contributed by atoms with Gasteiger partial charge in [0, 0.05) is 22.2 Å². The van der Waals surface area contributed by atoms with Crippen molar-refractivity contribution in [3.63, 3.8) is 0 Å². The van der Waals surface area contributed by atoms with Crippen molar-refractivity contribution in [2.45, 2.75) is 0 Å². The predicted molar refractivity (Wildman–Crippen MR) is 84.4 cm³/mol. The van der Waals surface area contributed by atoms with E-state index in [2.05, 4.69) is 4.98 Å². The summed E-state index contributed by atoms with van der Waals surface area (Å²) in [6.45, 7) is 0. The number of hydrogen-bond acceptors (Lipinski definition) is 4. The summed E-state index contributed by atoms with van der Waals surface area (Å²) in [4.78, 5) is 15.6. The molecule has 5 heteroatoms. The number of nitrogen functional groups attached to an aromatic ring is 1. The molecule has 4 nitrogen and oxygen atoms in total. The molecule has 0 unspecified atom stereocenters. The number of anilines is 1. The van der Waals surface area contributed by atoms with Gasteiger partial charge in [0.1, 0.15) is 5.01 Å². The number of aromatic nitrogens is 1. The van der Waals surface area contributed by atoms with E-state index in [-0.39, 0.29) is 5.56 Å². The van der Waals surface area contributed by atoms with E-state index in [1.54, 1.807) is 18.2 Å². The van der Waals surface area contributed by atoms with Crippen LogP contribution in [0, 0.1) is 0 Å². The Morgan fingerprint density at radius 1 is 1.10 bits per heavy atom. The van der Waals surface area contributed by atoms with Crippen molar-refractivity contribution in [2.24, 2.45) is 0 Å². The van der Waals surface area contributed by atoms with Gasteiger partial charge in [-0.25, -0.2) is 9.78 Å². The molecule has 104 valence electrons. The molecule has 3 N–H and O–H groups in total. The molecule has 0 atom stereocenters. The average molecular weight is 296 g/mol. The molecule has 0 aliphatic carbocycles. The number of carboxylic acid groups (broad SMARTS) is 1. The van der Waals surface area contributed by atoms with E-state index < -0.39 is 5.97 Å². The van der Waals surface area contributed by atoms with Crippen LogP contribution < -0.4 is 5.73 Å². The molecule has 1 heterocycles. The highest BCUT2D eigenvalue weighted by molar-refractivity contribution is 7.13. The smallest absolute Gasteiger partial charge is 0.335 e. The second-order valence-corrected chi connectivity index (χ2v) is 5.40. The van der Waals surface area contributed by atoms with E-state index in [9.17, 15) is 4.79 Å². The summed E-state index contributed by atoms with van der Waals surface area (Å²) in [5, 5.41) is 11.8. The first-order chi connectivity index (χ1) is 10.1. The Balaban J connectivity index is 1.96. The normalized spacial score (nSPS) is 10.5. The van der Waals surface area contributed by atoms with Crippen molar-refractivity contribution < 1.29 is 9.90 Å². The number of carbonyl (C=O) groups is 1. The molecule has 0 fully saturated rings. The molecule has 0 saturated heterocycles. The van der Waals surface area contributed by atoms with Crippen molar-refractivity contribution in [1.82, 2.24) is 4.98 Å². The van der Waals surface area contributed by atoms with Crippen LogP contribution in [-0.2, 0) is 0 Å². The molecule has 3 aromatic rings. The molecule has 1 aromatic heterocycles. The van der Waals surface area contributed by atoms with Gasteiger partial charge in [0.2, 0.25) is 0 Å². The second-order valence-electron chi connectivity index (χ2n) is 4.55. The Hall–Kier alpha value is -2.66. The van der Waals surface area contributed by atoms with Gasteiger partial charge in [0.15, 0.2) is 0 Å². The fourth-order valence-corrected chi connectivity index (χ4v) is 2.80. The Labute approximate surface area is 125 Å². The molecule has 0 aliphatic rings. The largest absolute Gasteiger partial charge is 0.478 e. The van der Waals surface area contributed by atoms with E-state index in [1.807, 2.05) is 35.7 Å². The van der Waals surface area contributed by atoms with Gasteiger partial charge in [-0.3, -0.25) is 0 Å². The summed E-state index contributed by atoms with van der Waals surface area (Å²) in [5.41, 5.74) is 9.30. The summed E-state index contributed by atoms with van der Waals surface area (Å²) < 4.78 is 0. The summed E-state index contributed by atoms with van der Waals surface area (Å²) >= 11 is 1.49. The first-order valence-corrected chi connectivity index (χ1v) is 7.16. The Morgan fingerprint density at radius 3 is 2.57 bits per heavy atom. The maximum atomic E-state index is 11.0. The van der Waals surface area contributed by atoms with Gasteiger partial charge >= 0.3 is 5.97 Å². The number of aromatic carboxylic acids is 1. The molecular weight excluding hydrogens is 284 g/mol. The Morgan fingerprint density at radius 2 is 1.86 bits per heavy atom. The van der Waals surface area contributed by atoms with Crippen molar-refractivity contribution >= 4 is 23.0 Å². The Kier molecular flexibility index (Phi) is 3.41. The summed E-state index contributed by atoms with van der Waals surface area (Å²) in [7, 11) is 0. The summed E-state index contributed by atoms with van der Waals surface area (Å²) in [6, 6.07) is 14.3. The fourth-order valence-electron chi connectivity index (χ4n) is 1.98. The molecular formula is C16H12N2O2S. The molecule has 21 heavy (non-hydrogen) atoms. The number of hydrogen-bond donors (Lipinski definition) is 2. The van der Waals surface area contributed by atoms with Gasteiger partial charge in [0.05, 0.1) is 11.3 Å². The van der Waals surface area contributed by atoms with Crippen LogP contribution in [0.15, 0.2) is 53.9 Å². The van der Waals surface area contributed by atoms with Gasteiger partial charge in [-0.1, -0.05) is 24.3 Å². The molecule has 0 spiro atoms. The lowest BCUT2D eigenvalue weighted by atomic mass is 10.1. The third-order valence-corrected chi connectivity index (χ3v) is 3.96. The van der Waals surface area contributed by atoms with Gasteiger partial charge < -0.3 is 10.8 Å². The van der Waals surface area contributed by atoms with E-state index in [1.165, 1.54) is 11.3 Å². The number of nitrogens with zero attached hydrogens (tertiary/aromatic N) is 1. The maximum absolute atomic E-state index is 11.0. The van der Waals surface area contributed by atoms with Gasteiger partial charge in [-0.05, 0) is 24.3 Å². The number of benzene rings is 2. The first kappa shape index (κ1) is 13.3. The van der Waals surface area contributed by atoms with Gasteiger partial charge in [0.25, 0.3) is 0 Å². The molecule has 0 bridgehead atoms. The van der Waals surface area contributed by atoms with E-state index in [0.29, 0.717) is 5.69 Å². The van der Waals surface area contributed by atoms with Crippen LogP contribution in [-0.4, -0.2) is 16.1 Å². The van der Waals surface area contributed by atoms with E-state index in [4.69, 9.17) is 10.8 Å². The fraction of sp³-hybridized carbons (Fsp3) is 0. The van der Waals surface area contributed by atoms with Crippen LogP contribution in [0.5, 0.6) is 0 Å². The SMILES string of the molecule is Nc1ccc(-c2csc(-c3cccc(C(=O)O)c3)n2)cc1. The van der Waals surface area contributed by atoms with Crippen LogP contribution in [0.3, 0.4) is 0 Å². The molecule has 0 amide bonds. The number of nitrogens with two attached hydrogens (primary N) is 1. The molecule has 3 rings (SSSR count). The Bertz CT molecular complexity index is 794. The van der Waals surface area contributed by atoms with Crippen molar-refractivity contribution in [3.05, 3.63) is 59.5 Å². The quantitative estimate of drug-likeness (QED) is 0.721. The molecule has 2 aromatic carbocycles. The lowest BCUT2D eigenvalue weighted by Crippen LogP contribution is -1.95. The minimum atomic E-state index is -0.938. The maximum Gasteiger partial charge on any atom is 0.335 e. The van der Waals surface area contributed by atoms with Crippen molar-refractivity contribution in [3.8, 4) is 21.8 Å². The van der Waals surface area contributed by atoms with Crippen LogP contribution in [0.1, 0.15) is 10.4 Å². The summed E-state index contributed by atoms with van der Waals surface area (Å²) in [5.74, 6) is -0.938. The van der Waals surface area contributed by atoms with Gasteiger partial charge in [-0.2, -0.15) is 0 Å². The highest BCUT2D eigenvalue weighted by Crippen LogP contribution is 2.29. The monoisotopic (exact) mass is 296 g/mol. The van der Waals surface area contributed by atoms with Crippen LogP contribution in [0.4, 0.5) is 5.69 Å². The zero-order valence-corrected chi connectivity index (χ0v) is 11.8. The lowest BCUT2D eigenvalue weighted by molar-refractivity contribution is 0.0697. The van der Waals surface area contributed by atoms with Crippen molar-refractivity contribution in [1.29, 1.82) is 0 Å². The van der Waals surface area contributed by atoms with Crippen LogP contribution in [0.2, 0.25) is 0 Å². The average Bonchev–Trinajstić information content (AvgIpc) is 2.98. The predicted octanol–water partition coefficient (Wildman–Crippen LogP) is 3.76. The van der Waals surface area contributed by atoms with Gasteiger partial charge in [-0.15, -0.1) is 11.3 Å².